The van der Waals surface area contributed by atoms with Crippen molar-refractivity contribution in [2.24, 2.45) is 0 Å². The normalized spacial score (nSPS) is 31.5. The largest absolute Gasteiger partial charge is 0.386 e. The van der Waals surface area contributed by atoms with Gasteiger partial charge < -0.3 is 19.6 Å². The number of hydrogen-bond donors (Lipinski definition) is 1. The van der Waals surface area contributed by atoms with Crippen LogP contribution in [0.5, 0.6) is 0 Å². The molecule has 84 valence electrons. The zero-order chi connectivity index (χ0) is 10.8. The monoisotopic (exact) mass is 202 g/mol. The molecule has 0 aromatic rings. The van der Waals surface area contributed by atoms with Crippen LogP contribution in [0.1, 0.15) is 6.42 Å². The molecule has 0 aromatic carbocycles. The highest BCUT2D eigenvalue weighted by Gasteiger charge is 2.54. The van der Waals surface area contributed by atoms with Crippen molar-refractivity contribution in [1.82, 2.24) is 9.80 Å². The minimum Gasteiger partial charge on any atom is -0.386 e. The highest BCUT2D eigenvalue weighted by molar-refractivity contribution is 5.09. The summed E-state index contributed by atoms with van der Waals surface area (Å²) in [6.07, 6.45) is 0.835. The average molecular weight is 202 g/mol. The Morgan fingerprint density at radius 1 is 1.36 bits per heavy atom. The molecule has 1 aliphatic carbocycles. The van der Waals surface area contributed by atoms with Crippen LogP contribution in [0.15, 0.2) is 0 Å². The standard InChI is InChI=1S/C10H22N2O2/c1-11(2)5-6-14-8-10(13)7-9(10)12(3)4/h9,13H,5-8H2,1-4H3. The van der Waals surface area contributed by atoms with E-state index in [1.165, 1.54) is 0 Å². The molecule has 0 amide bonds. The van der Waals surface area contributed by atoms with E-state index in [1.54, 1.807) is 0 Å². The molecule has 0 heterocycles. The molecule has 1 saturated carbocycles. The molecule has 1 fully saturated rings. The molecule has 0 aliphatic heterocycles. The van der Waals surface area contributed by atoms with Gasteiger partial charge in [0.15, 0.2) is 0 Å². The van der Waals surface area contributed by atoms with E-state index in [-0.39, 0.29) is 6.04 Å². The summed E-state index contributed by atoms with van der Waals surface area (Å²) >= 11 is 0. The molecule has 2 atom stereocenters. The number of likely N-dealkylation sites (N-methyl/N-ethyl adjacent to an activating group) is 2. The molecule has 4 heteroatoms. The fraction of sp³-hybridized carbons (Fsp3) is 1.00. The Morgan fingerprint density at radius 3 is 2.43 bits per heavy atom. The summed E-state index contributed by atoms with van der Waals surface area (Å²) in [4.78, 5) is 4.12. The molecule has 4 nitrogen and oxygen atoms in total. The SMILES string of the molecule is CN(C)CCOCC1(O)CC1N(C)C. The van der Waals surface area contributed by atoms with Gasteiger partial charge in [-0.2, -0.15) is 0 Å². The fourth-order valence-corrected chi connectivity index (χ4v) is 1.59. The maximum absolute atomic E-state index is 9.94. The van der Waals surface area contributed by atoms with Crippen molar-refractivity contribution in [3.8, 4) is 0 Å². The van der Waals surface area contributed by atoms with Gasteiger partial charge in [-0.05, 0) is 34.6 Å². The number of rotatable bonds is 6. The zero-order valence-corrected chi connectivity index (χ0v) is 9.66. The van der Waals surface area contributed by atoms with Gasteiger partial charge in [-0.15, -0.1) is 0 Å². The lowest BCUT2D eigenvalue weighted by molar-refractivity contribution is 0.00311. The number of hydrogen-bond acceptors (Lipinski definition) is 4. The van der Waals surface area contributed by atoms with Crippen LogP contribution in [0.25, 0.3) is 0 Å². The Balaban J connectivity index is 2.08. The number of nitrogens with zero attached hydrogens (tertiary/aromatic N) is 2. The van der Waals surface area contributed by atoms with Gasteiger partial charge in [-0.25, -0.2) is 0 Å². The maximum atomic E-state index is 9.94. The van der Waals surface area contributed by atoms with Crippen molar-refractivity contribution in [2.75, 3.05) is 47.9 Å². The smallest absolute Gasteiger partial charge is 0.105 e. The molecule has 14 heavy (non-hydrogen) atoms. The minimum atomic E-state index is -0.587. The lowest BCUT2D eigenvalue weighted by Gasteiger charge is -2.16. The van der Waals surface area contributed by atoms with Crippen molar-refractivity contribution >= 4 is 0 Å². The van der Waals surface area contributed by atoms with Gasteiger partial charge in [-0.1, -0.05) is 0 Å². The summed E-state index contributed by atoms with van der Waals surface area (Å²) in [5.41, 5.74) is -0.587. The summed E-state index contributed by atoms with van der Waals surface area (Å²) in [5, 5.41) is 9.94. The Hall–Kier alpha value is -0.160. The molecule has 1 N–H and O–H groups in total. The summed E-state index contributed by atoms with van der Waals surface area (Å²) in [7, 11) is 8.00. The van der Waals surface area contributed by atoms with E-state index >= 15 is 0 Å². The van der Waals surface area contributed by atoms with E-state index in [0.717, 1.165) is 13.0 Å². The van der Waals surface area contributed by atoms with Crippen molar-refractivity contribution < 1.29 is 9.84 Å². The van der Waals surface area contributed by atoms with Crippen LogP contribution in [-0.2, 0) is 4.74 Å². The first kappa shape index (κ1) is 11.9. The third-order valence-corrected chi connectivity index (χ3v) is 2.67. The molecule has 0 spiro atoms. The van der Waals surface area contributed by atoms with Crippen molar-refractivity contribution in [3.63, 3.8) is 0 Å². The van der Waals surface area contributed by atoms with Gasteiger partial charge in [-0.3, -0.25) is 0 Å². The third-order valence-electron chi connectivity index (χ3n) is 2.67. The van der Waals surface area contributed by atoms with Gasteiger partial charge >= 0.3 is 0 Å². The van der Waals surface area contributed by atoms with Crippen molar-refractivity contribution in [2.45, 2.75) is 18.1 Å². The number of ether oxygens (including phenoxy) is 1. The highest BCUT2D eigenvalue weighted by atomic mass is 16.5. The second-order valence-electron chi connectivity index (χ2n) is 4.64. The van der Waals surface area contributed by atoms with Crippen LogP contribution in [0.2, 0.25) is 0 Å². The van der Waals surface area contributed by atoms with E-state index in [9.17, 15) is 5.11 Å². The lowest BCUT2D eigenvalue weighted by Crippen LogP contribution is -2.30. The molecular weight excluding hydrogens is 180 g/mol. The van der Waals surface area contributed by atoms with Gasteiger partial charge in [0.25, 0.3) is 0 Å². The van der Waals surface area contributed by atoms with Gasteiger partial charge in [0.2, 0.25) is 0 Å². The predicted octanol–water partition coefficient (Wildman–Crippen LogP) is -0.370. The first-order chi connectivity index (χ1) is 6.46. The summed E-state index contributed by atoms with van der Waals surface area (Å²) in [6, 6.07) is 0.279. The number of aliphatic hydroxyl groups is 1. The van der Waals surface area contributed by atoms with Crippen molar-refractivity contribution in [3.05, 3.63) is 0 Å². The van der Waals surface area contributed by atoms with Crippen LogP contribution in [0, 0.1) is 0 Å². The fourth-order valence-electron chi connectivity index (χ4n) is 1.59. The first-order valence-electron chi connectivity index (χ1n) is 5.07. The molecule has 0 saturated heterocycles. The first-order valence-corrected chi connectivity index (χ1v) is 5.07. The lowest BCUT2D eigenvalue weighted by atomic mass is 10.3. The van der Waals surface area contributed by atoms with Crippen LogP contribution < -0.4 is 0 Å². The summed E-state index contributed by atoms with van der Waals surface area (Å²) < 4.78 is 5.43. The van der Waals surface area contributed by atoms with Gasteiger partial charge in [0.1, 0.15) is 5.60 Å². The van der Waals surface area contributed by atoms with Crippen LogP contribution >= 0.6 is 0 Å². The van der Waals surface area contributed by atoms with E-state index < -0.39 is 5.60 Å². The average Bonchev–Trinajstić information content (AvgIpc) is 2.73. The second-order valence-corrected chi connectivity index (χ2v) is 4.64. The van der Waals surface area contributed by atoms with E-state index in [2.05, 4.69) is 9.80 Å². The third kappa shape index (κ3) is 3.20. The van der Waals surface area contributed by atoms with Gasteiger partial charge in [0, 0.05) is 12.6 Å². The van der Waals surface area contributed by atoms with Crippen molar-refractivity contribution in [1.29, 1.82) is 0 Å². The summed E-state index contributed by atoms with van der Waals surface area (Å²) in [6.45, 7) is 2.06. The molecule has 1 rings (SSSR count). The Bertz CT molecular complexity index is 185. The maximum Gasteiger partial charge on any atom is 0.105 e. The van der Waals surface area contributed by atoms with Gasteiger partial charge in [0.05, 0.1) is 13.2 Å². The van der Waals surface area contributed by atoms with Crippen LogP contribution in [-0.4, -0.2) is 74.5 Å². The molecule has 0 bridgehead atoms. The molecule has 0 radical (unpaired) electrons. The Kier molecular flexibility index (Phi) is 3.89. The topological polar surface area (TPSA) is 35.9 Å². The Labute approximate surface area is 86.4 Å². The molecule has 0 aromatic heterocycles. The van der Waals surface area contributed by atoms with E-state index in [1.807, 2.05) is 28.2 Å². The molecule has 1 aliphatic rings. The minimum absolute atomic E-state index is 0.279. The second kappa shape index (κ2) is 4.57. The zero-order valence-electron chi connectivity index (χ0n) is 9.66. The van der Waals surface area contributed by atoms with Crippen LogP contribution in [0.4, 0.5) is 0 Å². The Morgan fingerprint density at radius 2 is 2.00 bits per heavy atom. The van der Waals surface area contributed by atoms with E-state index in [4.69, 9.17) is 4.74 Å². The van der Waals surface area contributed by atoms with Crippen LogP contribution in [0.3, 0.4) is 0 Å². The quantitative estimate of drug-likeness (QED) is 0.596. The molecule has 2 unspecified atom stereocenters. The van der Waals surface area contributed by atoms with E-state index in [0.29, 0.717) is 13.2 Å². The molecular formula is C10H22N2O2. The highest BCUT2D eigenvalue weighted by Crippen LogP contribution is 2.39. The summed E-state index contributed by atoms with van der Waals surface area (Å²) in [5.74, 6) is 0. The predicted molar refractivity (Wildman–Crippen MR) is 56.4 cm³/mol.